The SMILES string of the molecule is CC1CCCC(NCCC2(N)CCCC2)CC1. The van der Waals surface area contributed by atoms with E-state index >= 15 is 0 Å². The molecular weight excluding hydrogens is 208 g/mol. The number of nitrogens with one attached hydrogen (secondary N) is 1. The van der Waals surface area contributed by atoms with Crippen molar-refractivity contribution < 1.29 is 0 Å². The van der Waals surface area contributed by atoms with Crippen LogP contribution in [0, 0.1) is 5.92 Å². The number of rotatable bonds is 4. The molecule has 0 heterocycles. The highest BCUT2D eigenvalue weighted by molar-refractivity contribution is 4.90. The molecule has 2 heteroatoms. The summed E-state index contributed by atoms with van der Waals surface area (Å²) in [6, 6.07) is 0.768. The van der Waals surface area contributed by atoms with Crippen LogP contribution in [0.2, 0.25) is 0 Å². The van der Waals surface area contributed by atoms with Gasteiger partial charge in [0.1, 0.15) is 0 Å². The molecule has 0 aromatic carbocycles. The third-order valence-corrected chi connectivity index (χ3v) is 4.91. The molecule has 2 aliphatic rings. The van der Waals surface area contributed by atoms with Gasteiger partial charge in [-0.05, 0) is 51.0 Å². The molecule has 100 valence electrons. The molecule has 0 saturated heterocycles. The van der Waals surface area contributed by atoms with Crippen LogP contribution in [0.15, 0.2) is 0 Å². The molecule has 2 nitrogen and oxygen atoms in total. The molecule has 2 saturated carbocycles. The molecule has 0 aliphatic heterocycles. The smallest absolute Gasteiger partial charge is 0.0166 e. The van der Waals surface area contributed by atoms with E-state index in [0.717, 1.165) is 18.5 Å². The average molecular weight is 238 g/mol. The van der Waals surface area contributed by atoms with Crippen molar-refractivity contribution in [3.63, 3.8) is 0 Å². The lowest BCUT2D eigenvalue weighted by atomic mass is 9.94. The zero-order valence-corrected chi connectivity index (χ0v) is 11.5. The van der Waals surface area contributed by atoms with Crippen molar-refractivity contribution in [3.8, 4) is 0 Å². The van der Waals surface area contributed by atoms with Gasteiger partial charge in [-0.1, -0.05) is 32.6 Å². The van der Waals surface area contributed by atoms with Crippen LogP contribution in [0.3, 0.4) is 0 Å². The largest absolute Gasteiger partial charge is 0.325 e. The molecule has 3 N–H and O–H groups in total. The fourth-order valence-electron chi connectivity index (χ4n) is 3.55. The van der Waals surface area contributed by atoms with Gasteiger partial charge in [0.15, 0.2) is 0 Å². The van der Waals surface area contributed by atoms with Crippen LogP contribution in [-0.4, -0.2) is 18.1 Å². The first-order chi connectivity index (χ1) is 8.18. The fourth-order valence-corrected chi connectivity index (χ4v) is 3.55. The third kappa shape index (κ3) is 4.26. The topological polar surface area (TPSA) is 38.0 Å². The molecule has 2 rings (SSSR count). The number of nitrogens with two attached hydrogens (primary N) is 1. The predicted molar refractivity (Wildman–Crippen MR) is 74.0 cm³/mol. The Bertz CT molecular complexity index is 221. The van der Waals surface area contributed by atoms with Crippen LogP contribution < -0.4 is 11.1 Å². The normalized spacial score (nSPS) is 33.5. The van der Waals surface area contributed by atoms with Crippen molar-refractivity contribution in [2.24, 2.45) is 11.7 Å². The lowest BCUT2D eigenvalue weighted by molar-refractivity contribution is 0.366. The fraction of sp³-hybridized carbons (Fsp3) is 1.00. The van der Waals surface area contributed by atoms with E-state index in [1.54, 1.807) is 0 Å². The van der Waals surface area contributed by atoms with Gasteiger partial charge in [-0.2, -0.15) is 0 Å². The molecule has 0 radical (unpaired) electrons. The standard InChI is InChI=1S/C15H30N2/c1-13-5-4-6-14(8-7-13)17-12-11-15(16)9-2-3-10-15/h13-14,17H,2-12,16H2,1H3. The minimum absolute atomic E-state index is 0.172. The van der Waals surface area contributed by atoms with Gasteiger partial charge >= 0.3 is 0 Å². The van der Waals surface area contributed by atoms with Gasteiger partial charge in [0.2, 0.25) is 0 Å². The molecule has 0 spiro atoms. The van der Waals surface area contributed by atoms with Crippen molar-refractivity contribution in [1.29, 1.82) is 0 Å². The second-order valence-electron chi connectivity index (χ2n) is 6.58. The first-order valence-corrected chi connectivity index (χ1v) is 7.70. The Labute approximate surface area is 107 Å². The molecule has 2 unspecified atom stereocenters. The molecule has 2 fully saturated rings. The Morgan fingerprint density at radius 1 is 1.06 bits per heavy atom. The van der Waals surface area contributed by atoms with Crippen molar-refractivity contribution in [3.05, 3.63) is 0 Å². The van der Waals surface area contributed by atoms with Gasteiger partial charge in [0.25, 0.3) is 0 Å². The highest BCUT2D eigenvalue weighted by Crippen LogP contribution is 2.30. The van der Waals surface area contributed by atoms with Gasteiger partial charge in [0.05, 0.1) is 0 Å². The summed E-state index contributed by atoms with van der Waals surface area (Å²) in [5, 5.41) is 3.75. The van der Waals surface area contributed by atoms with Crippen molar-refractivity contribution >= 4 is 0 Å². The van der Waals surface area contributed by atoms with Crippen molar-refractivity contribution in [2.75, 3.05) is 6.54 Å². The summed E-state index contributed by atoms with van der Waals surface area (Å²) in [4.78, 5) is 0. The Balaban J connectivity index is 1.64. The maximum atomic E-state index is 6.39. The predicted octanol–water partition coefficient (Wildman–Crippen LogP) is 3.21. The second kappa shape index (κ2) is 6.19. The minimum atomic E-state index is 0.172. The molecule has 0 aromatic rings. The monoisotopic (exact) mass is 238 g/mol. The van der Waals surface area contributed by atoms with Crippen LogP contribution in [0.5, 0.6) is 0 Å². The first kappa shape index (κ1) is 13.4. The van der Waals surface area contributed by atoms with E-state index < -0.39 is 0 Å². The molecular formula is C15H30N2. The lowest BCUT2D eigenvalue weighted by Crippen LogP contribution is -2.41. The summed E-state index contributed by atoms with van der Waals surface area (Å²) in [5.74, 6) is 0.942. The molecule has 0 bridgehead atoms. The second-order valence-corrected chi connectivity index (χ2v) is 6.58. The first-order valence-electron chi connectivity index (χ1n) is 7.70. The van der Waals surface area contributed by atoms with Crippen molar-refractivity contribution in [1.82, 2.24) is 5.32 Å². The van der Waals surface area contributed by atoms with Crippen LogP contribution >= 0.6 is 0 Å². The summed E-state index contributed by atoms with van der Waals surface area (Å²) < 4.78 is 0. The van der Waals surface area contributed by atoms with Crippen LogP contribution in [0.25, 0.3) is 0 Å². The quantitative estimate of drug-likeness (QED) is 0.738. The van der Waals surface area contributed by atoms with Crippen LogP contribution in [0.1, 0.15) is 71.1 Å². The summed E-state index contributed by atoms with van der Waals surface area (Å²) in [6.45, 7) is 3.53. The number of hydrogen-bond donors (Lipinski definition) is 2. The summed E-state index contributed by atoms with van der Waals surface area (Å²) in [7, 11) is 0. The molecule has 17 heavy (non-hydrogen) atoms. The molecule has 2 aliphatic carbocycles. The highest BCUT2D eigenvalue weighted by Gasteiger charge is 2.28. The Morgan fingerprint density at radius 2 is 1.82 bits per heavy atom. The van der Waals surface area contributed by atoms with E-state index in [0.29, 0.717) is 0 Å². The molecule has 2 atom stereocenters. The maximum Gasteiger partial charge on any atom is 0.0166 e. The van der Waals surface area contributed by atoms with E-state index in [1.165, 1.54) is 64.2 Å². The van der Waals surface area contributed by atoms with E-state index in [-0.39, 0.29) is 5.54 Å². The lowest BCUT2D eigenvalue weighted by Gasteiger charge is -2.25. The molecule has 0 amide bonds. The summed E-state index contributed by atoms with van der Waals surface area (Å²) in [6.07, 6.45) is 13.4. The van der Waals surface area contributed by atoms with E-state index in [2.05, 4.69) is 12.2 Å². The van der Waals surface area contributed by atoms with Crippen molar-refractivity contribution in [2.45, 2.75) is 82.7 Å². The Morgan fingerprint density at radius 3 is 2.59 bits per heavy atom. The van der Waals surface area contributed by atoms with E-state index in [4.69, 9.17) is 5.73 Å². The average Bonchev–Trinajstić information content (AvgIpc) is 2.61. The van der Waals surface area contributed by atoms with E-state index in [9.17, 15) is 0 Å². The Hall–Kier alpha value is -0.0800. The zero-order valence-electron chi connectivity index (χ0n) is 11.5. The van der Waals surface area contributed by atoms with Gasteiger partial charge in [-0.15, -0.1) is 0 Å². The maximum absolute atomic E-state index is 6.39. The van der Waals surface area contributed by atoms with E-state index in [1.807, 2.05) is 0 Å². The summed E-state index contributed by atoms with van der Waals surface area (Å²) in [5.41, 5.74) is 6.56. The minimum Gasteiger partial charge on any atom is -0.325 e. The molecule has 0 aromatic heterocycles. The number of hydrogen-bond acceptors (Lipinski definition) is 2. The zero-order chi connectivity index (χ0) is 12.1. The van der Waals surface area contributed by atoms with Gasteiger partial charge < -0.3 is 11.1 Å². The summed E-state index contributed by atoms with van der Waals surface area (Å²) >= 11 is 0. The Kier molecular flexibility index (Phi) is 4.87. The third-order valence-electron chi connectivity index (χ3n) is 4.91. The van der Waals surface area contributed by atoms with Crippen LogP contribution in [-0.2, 0) is 0 Å². The van der Waals surface area contributed by atoms with Crippen LogP contribution in [0.4, 0.5) is 0 Å². The van der Waals surface area contributed by atoms with Gasteiger partial charge in [-0.25, -0.2) is 0 Å². The highest BCUT2D eigenvalue weighted by atomic mass is 14.9. The van der Waals surface area contributed by atoms with Gasteiger partial charge in [0, 0.05) is 11.6 Å². The van der Waals surface area contributed by atoms with Gasteiger partial charge in [-0.3, -0.25) is 0 Å².